The van der Waals surface area contributed by atoms with E-state index in [1.54, 1.807) is 12.4 Å². The van der Waals surface area contributed by atoms with E-state index in [1.165, 1.54) is 12.1 Å². The van der Waals surface area contributed by atoms with Crippen LogP contribution in [-0.4, -0.2) is 16.2 Å². The van der Waals surface area contributed by atoms with Crippen molar-refractivity contribution in [2.75, 3.05) is 6.61 Å². The van der Waals surface area contributed by atoms with E-state index in [1.807, 2.05) is 11.5 Å². The van der Waals surface area contributed by atoms with Gasteiger partial charge >= 0.3 is 6.18 Å². The molecule has 2 rings (SSSR count). The van der Waals surface area contributed by atoms with Crippen molar-refractivity contribution in [3.8, 4) is 5.75 Å². The van der Waals surface area contributed by atoms with E-state index >= 15 is 0 Å². The number of ether oxygens (including phenoxy) is 1. The number of imidazole rings is 1. The normalized spacial score (nSPS) is 11.7. The minimum absolute atomic E-state index is 0.0532. The lowest BCUT2D eigenvalue weighted by atomic mass is 10.1. The zero-order chi connectivity index (χ0) is 15.5. The van der Waals surface area contributed by atoms with Gasteiger partial charge in [-0.15, -0.1) is 0 Å². The van der Waals surface area contributed by atoms with Crippen LogP contribution in [0.15, 0.2) is 30.6 Å². The zero-order valence-corrected chi connectivity index (χ0v) is 11.5. The number of aryl methyl sites for hydroxylation is 1. The van der Waals surface area contributed by atoms with Crippen LogP contribution in [-0.2, 0) is 19.3 Å². The first-order chi connectivity index (χ1) is 9.91. The number of nitrogens with two attached hydrogens (primary N) is 1. The van der Waals surface area contributed by atoms with E-state index in [0.29, 0.717) is 12.1 Å². The molecular formula is C14H16F3N3O. The van der Waals surface area contributed by atoms with Gasteiger partial charge in [-0.2, -0.15) is 13.2 Å². The standard InChI is InChI=1S/C14H16F3N3O/c1-10-19-4-5-20(10)6-7-21-13-3-2-11(9-18)8-12(13)14(15,16)17/h2-5,8H,6-7,9,18H2,1H3. The van der Waals surface area contributed by atoms with Gasteiger partial charge in [-0.1, -0.05) is 6.07 Å². The van der Waals surface area contributed by atoms with Crippen molar-refractivity contribution in [2.45, 2.75) is 26.2 Å². The molecule has 0 bridgehead atoms. The number of halogens is 3. The van der Waals surface area contributed by atoms with Gasteiger partial charge in [0.05, 0.1) is 12.1 Å². The molecule has 21 heavy (non-hydrogen) atoms. The summed E-state index contributed by atoms with van der Waals surface area (Å²) in [6, 6.07) is 3.87. The van der Waals surface area contributed by atoms with Crippen LogP contribution in [0.2, 0.25) is 0 Å². The van der Waals surface area contributed by atoms with Gasteiger partial charge in [0.25, 0.3) is 0 Å². The number of alkyl halides is 3. The first-order valence-electron chi connectivity index (χ1n) is 6.42. The van der Waals surface area contributed by atoms with Gasteiger partial charge in [-0.25, -0.2) is 4.98 Å². The van der Waals surface area contributed by atoms with Crippen LogP contribution in [0.5, 0.6) is 5.75 Å². The molecule has 1 aromatic carbocycles. The van der Waals surface area contributed by atoms with Crippen LogP contribution in [0.1, 0.15) is 17.0 Å². The summed E-state index contributed by atoms with van der Waals surface area (Å²) in [7, 11) is 0. The number of aromatic nitrogens is 2. The van der Waals surface area contributed by atoms with Crippen LogP contribution in [0.3, 0.4) is 0 Å². The molecule has 0 aliphatic carbocycles. The molecule has 0 aliphatic heterocycles. The summed E-state index contributed by atoms with van der Waals surface area (Å²) < 4.78 is 46.1. The Hall–Kier alpha value is -2.02. The van der Waals surface area contributed by atoms with Crippen molar-refractivity contribution in [3.05, 3.63) is 47.5 Å². The molecule has 0 atom stereocenters. The van der Waals surface area contributed by atoms with Gasteiger partial charge in [0.1, 0.15) is 18.2 Å². The number of hydrogen-bond acceptors (Lipinski definition) is 3. The maximum Gasteiger partial charge on any atom is 0.419 e. The zero-order valence-electron chi connectivity index (χ0n) is 11.5. The van der Waals surface area contributed by atoms with Gasteiger partial charge in [0.2, 0.25) is 0 Å². The Labute approximate surface area is 120 Å². The summed E-state index contributed by atoms with van der Waals surface area (Å²) in [4.78, 5) is 4.04. The van der Waals surface area contributed by atoms with Crippen LogP contribution in [0.25, 0.3) is 0 Å². The first kappa shape index (κ1) is 15.4. The Kier molecular flexibility index (Phi) is 4.52. The van der Waals surface area contributed by atoms with Crippen LogP contribution in [0, 0.1) is 6.92 Å². The van der Waals surface area contributed by atoms with Crippen molar-refractivity contribution in [1.29, 1.82) is 0 Å². The summed E-state index contributed by atoms with van der Waals surface area (Å²) in [5, 5.41) is 0. The molecule has 0 saturated heterocycles. The second kappa shape index (κ2) is 6.17. The molecule has 114 valence electrons. The SMILES string of the molecule is Cc1nccn1CCOc1ccc(CN)cc1C(F)(F)F. The van der Waals surface area contributed by atoms with Crippen LogP contribution < -0.4 is 10.5 Å². The highest BCUT2D eigenvalue weighted by atomic mass is 19.4. The fraction of sp³-hybridized carbons (Fsp3) is 0.357. The predicted molar refractivity (Wildman–Crippen MR) is 71.8 cm³/mol. The van der Waals surface area contributed by atoms with Crippen molar-refractivity contribution >= 4 is 0 Å². The number of rotatable bonds is 5. The third kappa shape index (κ3) is 3.75. The molecule has 7 heteroatoms. The second-order valence-corrected chi connectivity index (χ2v) is 4.55. The third-order valence-electron chi connectivity index (χ3n) is 3.10. The molecule has 2 N–H and O–H groups in total. The van der Waals surface area contributed by atoms with Crippen molar-refractivity contribution in [3.63, 3.8) is 0 Å². The Morgan fingerprint density at radius 2 is 2.10 bits per heavy atom. The van der Waals surface area contributed by atoms with Gasteiger partial charge < -0.3 is 15.0 Å². The lowest BCUT2D eigenvalue weighted by Crippen LogP contribution is -2.13. The Morgan fingerprint density at radius 1 is 1.33 bits per heavy atom. The highest BCUT2D eigenvalue weighted by Crippen LogP contribution is 2.36. The quantitative estimate of drug-likeness (QED) is 0.923. The molecule has 0 fully saturated rings. The second-order valence-electron chi connectivity index (χ2n) is 4.55. The molecular weight excluding hydrogens is 283 g/mol. The molecule has 0 aliphatic rings. The maximum atomic E-state index is 13.0. The Bertz CT molecular complexity index is 608. The van der Waals surface area contributed by atoms with Gasteiger partial charge in [-0.05, 0) is 24.6 Å². The van der Waals surface area contributed by atoms with Crippen molar-refractivity contribution in [1.82, 2.24) is 9.55 Å². The molecule has 0 saturated carbocycles. The van der Waals surface area contributed by atoms with E-state index in [0.717, 1.165) is 11.9 Å². The average Bonchev–Trinajstić information content (AvgIpc) is 2.83. The van der Waals surface area contributed by atoms with Crippen LogP contribution in [0.4, 0.5) is 13.2 Å². The number of nitrogens with zero attached hydrogens (tertiary/aromatic N) is 2. The average molecular weight is 299 g/mol. The van der Waals surface area contributed by atoms with Crippen molar-refractivity contribution in [2.24, 2.45) is 5.73 Å². The number of benzene rings is 1. The largest absolute Gasteiger partial charge is 0.491 e. The van der Waals surface area contributed by atoms with E-state index in [2.05, 4.69) is 4.98 Å². The molecule has 4 nitrogen and oxygen atoms in total. The van der Waals surface area contributed by atoms with E-state index in [9.17, 15) is 13.2 Å². The summed E-state index contributed by atoms with van der Waals surface area (Å²) in [6.07, 6.45) is -1.08. The third-order valence-corrected chi connectivity index (χ3v) is 3.10. The highest BCUT2D eigenvalue weighted by Gasteiger charge is 2.34. The Morgan fingerprint density at radius 3 is 2.67 bits per heavy atom. The van der Waals surface area contributed by atoms with Crippen LogP contribution >= 0.6 is 0 Å². The van der Waals surface area contributed by atoms with Gasteiger partial charge in [0, 0.05) is 18.9 Å². The summed E-state index contributed by atoms with van der Waals surface area (Å²) >= 11 is 0. The topological polar surface area (TPSA) is 53.1 Å². The minimum atomic E-state index is -4.47. The molecule has 0 spiro atoms. The van der Waals surface area contributed by atoms with Gasteiger partial charge in [-0.3, -0.25) is 0 Å². The van der Waals surface area contributed by atoms with E-state index < -0.39 is 11.7 Å². The molecule has 0 radical (unpaired) electrons. The van der Waals surface area contributed by atoms with Crippen molar-refractivity contribution < 1.29 is 17.9 Å². The molecule has 1 heterocycles. The fourth-order valence-corrected chi connectivity index (χ4v) is 1.95. The summed E-state index contributed by atoms with van der Waals surface area (Å²) in [5.74, 6) is 0.602. The lowest BCUT2D eigenvalue weighted by Gasteiger charge is -2.15. The van der Waals surface area contributed by atoms with E-state index in [-0.39, 0.29) is 18.9 Å². The molecule has 1 aromatic heterocycles. The summed E-state index contributed by atoms with van der Waals surface area (Å²) in [5.41, 5.74) is 4.99. The molecule has 2 aromatic rings. The summed E-state index contributed by atoms with van der Waals surface area (Å²) in [6.45, 7) is 2.43. The fourth-order valence-electron chi connectivity index (χ4n) is 1.95. The smallest absolute Gasteiger partial charge is 0.419 e. The van der Waals surface area contributed by atoms with E-state index in [4.69, 9.17) is 10.5 Å². The monoisotopic (exact) mass is 299 g/mol. The predicted octanol–water partition coefficient (Wildman–Crippen LogP) is 2.75. The van der Waals surface area contributed by atoms with Gasteiger partial charge in [0.15, 0.2) is 0 Å². The molecule has 0 unspecified atom stereocenters. The highest BCUT2D eigenvalue weighted by molar-refractivity contribution is 5.39. The lowest BCUT2D eigenvalue weighted by molar-refractivity contribution is -0.139. The Balaban J connectivity index is 2.10. The minimum Gasteiger partial charge on any atom is -0.491 e. The first-order valence-corrected chi connectivity index (χ1v) is 6.42. The maximum absolute atomic E-state index is 13.0. The molecule has 0 amide bonds. The number of hydrogen-bond donors (Lipinski definition) is 1.